The molecule has 2 aromatic heterocycles. The summed E-state index contributed by atoms with van der Waals surface area (Å²) in [5.41, 5.74) is 3.47. The summed E-state index contributed by atoms with van der Waals surface area (Å²) >= 11 is 1.72. The lowest BCUT2D eigenvalue weighted by Crippen LogP contribution is -2.40. The van der Waals surface area contributed by atoms with Crippen molar-refractivity contribution >= 4 is 33.8 Å². The van der Waals surface area contributed by atoms with Gasteiger partial charge in [0, 0.05) is 40.1 Å². The van der Waals surface area contributed by atoms with Crippen LogP contribution in [-0.2, 0) is 4.79 Å². The van der Waals surface area contributed by atoms with Crippen molar-refractivity contribution in [2.75, 3.05) is 11.9 Å². The zero-order valence-corrected chi connectivity index (χ0v) is 17.4. The molecule has 6 heteroatoms. The number of amides is 1. The fourth-order valence-electron chi connectivity index (χ4n) is 3.54. The number of hydrogen-bond acceptors (Lipinski definition) is 4. The molecule has 5 nitrogen and oxygen atoms in total. The zero-order valence-electron chi connectivity index (χ0n) is 16.6. The average molecular weight is 415 g/mol. The Morgan fingerprint density at radius 1 is 1.17 bits per heavy atom. The highest BCUT2D eigenvalue weighted by Gasteiger charge is 2.21. The maximum Gasteiger partial charge on any atom is 0.241 e. The van der Waals surface area contributed by atoms with Crippen LogP contribution in [0.5, 0.6) is 0 Å². The molecule has 4 aromatic rings. The number of aromatic amines is 1. The molecule has 2 heterocycles. The molecule has 0 saturated heterocycles. The van der Waals surface area contributed by atoms with Gasteiger partial charge < -0.3 is 15.6 Å². The summed E-state index contributed by atoms with van der Waals surface area (Å²) in [6.45, 7) is 2.49. The number of carbonyl (C=O) groups is 1. The molecule has 1 amide bonds. The number of hydrogen-bond donors (Lipinski definition) is 3. The minimum absolute atomic E-state index is 0.131. The van der Waals surface area contributed by atoms with E-state index < -0.39 is 0 Å². The van der Waals surface area contributed by atoms with Crippen molar-refractivity contribution in [1.29, 1.82) is 5.26 Å². The van der Waals surface area contributed by atoms with Crippen molar-refractivity contribution in [2.45, 2.75) is 18.9 Å². The number of thiophene rings is 1. The van der Waals surface area contributed by atoms with Crippen LogP contribution < -0.4 is 10.6 Å². The van der Waals surface area contributed by atoms with Crippen LogP contribution in [0.2, 0.25) is 0 Å². The summed E-state index contributed by atoms with van der Waals surface area (Å²) in [5, 5.41) is 18.6. The first-order valence-corrected chi connectivity index (χ1v) is 10.7. The maximum atomic E-state index is 12.6. The third-order valence-corrected chi connectivity index (χ3v) is 6.15. The van der Waals surface area contributed by atoms with E-state index in [0.717, 1.165) is 5.52 Å². The van der Waals surface area contributed by atoms with Gasteiger partial charge in [0.2, 0.25) is 5.91 Å². The third kappa shape index (κ3) is 4.28. The van der Waals surface area contributed by atoms with Crippen molar-refractivity contribution in [1.82, 2.24) is 10.3 Å². The fraction of sp³-hybridized carbons (Fsp3) is 0.167. The zero-order chi connectivity index (χ0) is 20.9. The summed E-state index contributed by atoms with van der Waals surface area (Å²) in [5.74, 6) is 0.00672. The molecule has 4 rings (SSSR count). The number of aromatic nitrogens is 1. The lowest BCUT2D eigenvalue weighted by Gasteiger charge is -2.20. The van der Waals surface area contributed by atoms with Crippen molar-refractivity contribution in [2.24, 2.45) is 0 Å². The summed E-state index contributed by atoms with van der Waals surface area (Å²) in [7, 11) is 0. The Hall–Kier alpha value is -3.40. The highest BCUT2D eigenvalue weighted by atomic mass is 32.1. The van der Waals surface area contributed by atoms with Gasteiger partial charge in [-0.15, -0.1) is 11.3 Å². The van der Waals surface area contributed by atoms with Gasteiger partial charge in [-0.05, 0) is 48.2 Å². The molecule has 30 heavy (non-hydrogen) atoms. The Kier molecular flexibility index (Phi) is 5.94. The van der Waals surface area contributed by atoms with Crippen LogP contribution in [0.15, 0.2) is 72.2 Å². The van der Waals surface area contributed by atoms with Gasteiger partial charge in [-0.2, -0.15) is 5.26 Å². The maximum absolute atomic E-state index is 12.6. The SMILES string of the molecule is C[C@H](NC[C@H](c1cccs1)c1c[nH]c2ccccc12)C(=O)Nc1cccc(C#N)c1. The highest BCUT2D eigenvalue weighted by Crippen LogP contribution is 2.32. The molecular weight excluding hydrogens is 392 g/mol. The molecule has 0 radical (unpaired) electrons. The van der Waals surface area contributed by atoms with E-state index in [2.05, 4.69) is 57.5 Å². The van der Waals surface area contributed by atoms with Crippen LogP contribution in [-0.4, -0.2) is 23.5 Å². The Labute approximate surface area is 179 Å². The van der Waals surface area contributed by atoms with Crippen molar-refractivity contribution in [3.63, 3.8) is 0 Å². The number of benzene rings is 2. The van der Waals surface area contributed by atoms with Gasteiger partial charge >= 0.3 is 0 Å². The van der Waals surface area contributed by atoms with Crippen molar-refractivity contribution in [3.05, 3.63) is 88.2 Å². The van der Waals surface area contributed by atoms with Crippen molar-refractivity contribution < 1.29 is 4.79 Å². The standard InChI is InChI=1S/C24H22N4OS/c1-16(24(29)28-18-7-4-6-17(12-18)13-25)26-15-21(23-10-5-11-30-23)20-14-27-22-9-3-2-8-19(20)22/h2-12,14,16,21,26-27H,15H2,1H3,(H,28,29)/t16-,21-/m0/s1. The first-order chi connectivity index (χ1) is 14.7. The fourth-order valence-corrected chi connectivity index (χ4v) is 4.39. The molecule has 150 valence electrons. The van der Waals surface area contributed by atoms with E-state index in [0.29, 0.717) is 17.8 Å². The molecule has 0 unspecified atom stereocenters. The molecular formula is C24H22N4OS. The molecule has 0 saturated carbocycles. The largest absolute Gasteiger partial charge is 0.361 e. The summed E-state index contributed by atoms with van der Waals surface area (Å²) in [4.78, 5) is 17.3. The van der Waals surface area contributed by atoms with Gasteiger partial charge in [-0.1, -0.05) is 30.3 Å². The minimum Gasteiger partial charge on any atom is -0.361 e. The summed E-state index contributed by atoms with van der Waals surface area (Å²) < 4.78 is 0. The topological polar surface area (TPSA) is 80.7 Å². The second-order valence-electron chi connectivity index (χ2n) is 7.17. The first kappa shape index (κ1) is 19.9. The second kappa shape index (κ2) is 8.95. The van der Waals surface area contributed by atoms with E-state index in [9.17, 15) is 4.79 Å². The van der Waals surface area contributed by atoms with Gasteiger partial charge in [-0.25, -0.2) is 0 Å². The number of rotatable bonds is 7. The average Bonchev–Trinajstić information content (AvgIpc) is 3.45. The van der Waals surface area contributed by atoms with Gasteiger partial charge in [0.15, 0.2) is 0 Å². The van der Waals surface area contributed by atoms with Crippen LogP contribution >= 0.6 is 11.3 Å². The Morgan fingerprint density at radius 3 is 2.83 bits per heavy atom. The number of anilines is 1. The third-order valence-electron chi connectivity index (χ3n) is 5.16. The quantitative estimate of drug-likeness (QED) is 0.404. The summed E-state index contributed by atoms with van der Waals surface area (Å²) in [6.07, 6.45) is 2.06. The number of nitrogens with zero attached hydrogens (tertiary/aromatic N) is 1. The molecule has 0 spiro atoms. The van der Waals surface area contributed by atoms with E-state index in [1.54, 1.807) is 35.6 Å². The monoisotopic (exact) mass is 414 g/mol. The van der Waals surface area contributed by atoms with E-state index in [1.165, 1.54) is 15.8 Å². The molecule has 3 N–H and O–H groups in total. The second-order valence-corrected chi connectivity index (χ2v) is 8.15. The first-order valence-electron chi connectivity index (χ1n) is 9.79. The molecule has 2 atom stereocenters. The smallest absolute Gasteiger partial charge is 0.241 e. The highest BCUT2D eigenvalue weighted by molar-refractivity contribution is 7.10. The predicted molar refractivity (Wildman–Crippen MR) is 122 cm³/mol. The number of para-hydroxylation sites is 1. The summed E-state index contributed by atoms with van der Waals surface area (Å²) in [6, 6.07) is 21.1. The van der Waals surface area contributed by atoms with E-state index in [4.69, 9.17) is 5.26 Å². The molecule has 2 aromatic carbocycles. The van der Waals surface area contributed by atoms with Gasteiger partial charge in [0.05, 0.1) is 17.7 Å². The normalized spacial score (nSPS) is 12.9. The Balaban J connectivity index is 1.49. The van der Waals surface area contributed by atoms with E-state index >= 15 is 0 Å². The Morgan fingerprint density at radius 2 is 2.03 bits per heavy atom. The van der Waals surface area contributed by atoms with Crippen LogP contribution in [0.25, 0.3) is 10.9 Å². The van der Waals surface area contributed by atoms with Gasteiger partial charge in [-0.3, -0.25) is 4.79 Å². The van der Waals surface area contributed by atoms with Crippen LogP contribution in [0.3, 0.4) is 0 Å². The number of nitriles is 1. The lowest BCUT2D eigenvalue weighted by molar-refractivity contribution is -0.117. The molecule has 0 fully saturated rings. The molecule has 0 bridgehead atoms. The number of fused-ring (bicyclic) bond motifs is 1. The predicted octanol–water partition coefficient (Wildman–Crippen LogP) is 4.85. The van der Waals surface area contributed by atoms with Crippen LogP contribution in [0.4, 0.5) is 5.69 Å². The van der Waals surface area contributed by atoms with Crippen LogP contribution in [0.1, 0.15) is 28.8 Å². The van der Waals surface area contributed by atoms with E-state index in [-0.39, 0.29) is 17.9 Å². The van der Waals surface area contributed by atoms with Crippen LogP contribution in [0, 0.1) is 11.3 Å². The molecule has 0 aliphatic rings. The number of H-pyrrole nitrogens is 1. The van der Waals surface area contributed by atoms with Gasteiger partial charge in [0.1, 0.15) is 0 Å². The molecule has 0 aliphatic carbocycles. The van der Waals surface area contributed by atoms with E-state index in [1.807, 2.05) is 19.1 Å². The Bertz CT molecular complexity index is 1190. The molecule has 0 aliphatic heterocycles. The minimum atomic E-state index is -0.386. The lowest BCUT2D eigenvalue weighted by atomic mass is 9.96. The van der Waals surface area contributed by atoms with Crippen molar-refractivity contribution in [3.8, 4) is 6.07 Å². The number of nitrogens with one attached hydrogen (secondary N) is 3. The number of carbonyl (C=O) groups excluding carboxylic acids is 1. The van der Waals surface area contributed by atoms with Gasteiger partial charge in [0.25, 0.3) is 0 Å².